The summed E-state index contributed by atoms with van der Waals surface area (Å²) in [7, 11) is 2.72. The summed E-state index contributed by atoms with van der Waals surface area (Å²) >= 11 is 0. The molecule has 3 nitrogen and oxygen atoms in total. The molecule has 1 aliphatic rings. The van der Waals surface area contributed by atoms with Crippen LogP contribution in [0.1, 0.15) is 11.1 Å². The van der Waals surface area contributed by atoms with Crippen molar-refractivity contribution in [1.82, 2.24) is 0 Å². The number of hydrogen-bond donors (Lipinski definition) is 0. The Morgan fingerprint density at radius 2 is 2.12 bits per heavy atom. The Labute approximate surface area is 92.5 Å². The summed E-state index contributed by atoms with van der Waals surface area (Å²) in [5.41, 5.74) is 1.66. The summed E-state index contributed by atoms with van der Waals surface area (Å²) in [6.07, 6.45) is 1.92. The van der Waals surface area contributed by atoms with Crippen molar-refractivity contribution in [2.24, 2.45) is 0 Å². The minimum absolute atomic E-state index is 0.182. The van der Waals surface area contributed by atoms with E-state index in [9.17, 15) is 9.18 Å². The van der Waals surface area contributed by atoms with Crippen molar-refractivity contribution in [2.45, 2.75) is 6.42 Å². The minimum atomic E-state index is -0.432. The van der Waals surface area contributed by atoms with Gasteiger partial charge in [-0.1, -0.05) is 6.07 Å². The fraction of sp³-hybridized carbons (Fsp3) is 0.250. The van der Waals surface area contributed by atoms with Crippen molar-refractivity contribution in [3.63, 3.8) is 0 Å². The quantitative estimate of drug-likeness (QED) is 0.717. The number of methoxy groups -OCH3 is 2. The van der Waals surface area contributed by atoms with Gasteiger partial charge < -0.3 is 9.47 Å². The number of ether oxygens (including phenoxy) is 2. The van der Waals surface area contributed by atoms with Crippen molar-refractivity contribution >= 4 is 12.0 Å². The molecule has 0 aliphatic heterocycles. The number of fused-ring (bicyclic) bond motifs is 1. The van der Waals surface area contributed by atoms with Crippen molar-refractivity contribution in [1.29, 1.82) is 0 Å². The highest BCUT2D eigenvalue weighted by atomic mass is 19.1. The first kappa shape index (κ1) is 10.7. The number of rotatable bonds is 2. The third-order valence-electron chi connectivity index (χ3n) is 2.60. The third kappa shape index (κ3) is 1.56. The molecule has 0 saturated heterocycles. The molecule has 0 radical (unpaired) electrons. The van der Waals surface area contributed by atoms with Gasteiger partial charge in [0.25, 0.3) is 0 Å². The van der Waals surface area contributed by atoms with Crippen LogP contribution in [0.4, 0.5) is 4.39 Å². The molecule has 1 aliphatic carbocycles. The Morgan fingerprint density at radius 3 is 2.75 bits per heavy atom. The molecule has 1 aromatic rings. The fourth-order valence-electron chi connectivity index (χ4n) is 1.77. The lowest BCUT2D eigenvalue weighted by Crippen LogP contribution is -2.03. The number of carbonyl (C=O) groups is 1. The van der Waals surface area contributed by atoms with Crippen molar-refractivity contribution in [2.75, 3.05) is 14.2 Å². The molecule has 0 saturated carbocycles. The molecular formula is C12H11FO3. The summed E-state index contributed by atoms with van der Waals surface area (Å²) in [6, 6.07) is 3.31. The highest BCUT2D eigenvalue weighted by molar-refractivity contribution is 5.96. The van der Waals surface area contributed by atoms with Gasteiger partial charge >= 0.3 is 5.97 Å². The van der Waals surface area contributed by atoms with Gasteiger partial charge in [-0.05, 0) is 17.7 Å². The Kier molecular flexibility index (Phi) is 2.64. The highest BCUT2D eigenvalue weighted by Gasteiger charge is 2.23. The summed E-state index contributed by atoms with van der Waals surface area (Å²) in [5, 5.41) is 0. The first-order chi connectivity index (χ1) is 7.67. The second kappa shape index (κ2) is 3.96. The molecular weight excluding hydrogens is 211 g/mol. The fourth-order valence-corrected chi connectivity index (χ4v) is 1.77. The van der Waals surface area contributed by atoms with Gasteiger partial charge in [-0.2, -0.15) is 0 Å². The number of hydrogen-bond acceptors (Lipinski definition) is 3. The zero-order chi connectivity index (χ0) is 11.7. The van der Waals surface area contributed by atoms with Crippen LogP contribution in [0, 0.1) is 5.82 Å². The molecule has 0 atom stereocenters. The predicted molar refractivity (Wildman–Crippen MR) is 56.6 cm³/mol. The minimum Gasteiger partial charge on any atom is -0.494 e. The third-order valence-corrected chi connectivity index (χ3v) is 2.60. The van der Waals surface area contributed by atoms with E-state index in [0.29, 0.717) is 17.6 Å². The number of halogens is 1. The monoisotopic (exact) mass is 222 g/mol. The molecule has 84 valence electrons. The lowest BCUT2D eigenvalue weighted by molar-refractivity contribution is -0.136. The van der Waals surface area contributed by atoms with Gasteiger partial charge in [0.2, 0.25) is 0 Å². The zero-order valence-electron chi connectivity index (χ0n) is 9.04. The van der Waals surface area contributed by atoms with E-state index in [0.717, 1.165) is 5.56 Å². The van der Waals surface area contributed by atoms with Crippen molar-refractivity contribution in [3.8, 4) is 5.75 Å². The molecule has 0 heterocycles. The average molecular weight is 222 g/mol. The maximum absolute atomic E-state index is 13.8. The van der Waals surface area contributed by atoms with E-state index >= 15 is 0 Å². The van der Waals surface area contributed by atoms with Gasteiger partial charge in [-0.15, -0.1) is 0 Å². The van der Waals surface area contributed by atoms with Crippen molar-refractivity contribution in [3.05, 3.63) is 34.6 Å². The van der Waals surface area contributed by atoms with Crippen LogP contribution < -0.4 is 4.74 Å². The van der Waals surface area contributed by atoms with Gasteiger partial charge in [0, 0.05) is 17.6 Å². The molecule has 16 heavy (non-hydrogen) atoms. The van der Waals surface area contributed by atoms with Gasteiger partial charge in [-0.25, -0.2) is 9.18 Å². The standard InChI is InChI=1S/C12H11FO3/c1-15-10-4-3-7-5-8(12(14)16-2)6-9(7)11(10)13/h3-4,6H,5H2,1-2H3. The van der Waals surface area contributed by atoms with Crippen molar-refractivity contribution < 1.29 is 18.7 Å². The van der Waals surface area contributed by atoms with E-state index in [1.54, 1.807) is 12.1 Å². The van der Waals surface area contributed by atoms with Gasteiger partial charge in [0.15, 0.2) is 11.6 Å². The molecule has 0 amide bonds. The molecule has 1 aromatic carbocycles. The van der Waals surface area contributed by atoms with E-state index in [1.165, 1.54) is 20.3 Å². The van der Waals surface area contributed by atoms with E-state index in [-0.39, 0.29) is 5.75 Å². The van der Waals surface area contributed by atoms with Crippen LogP contribution in [-0.2, 0) is 16.0 Å². The smallest absolute Gasteiger partial charge is 0.334 e. The Hall–Kier alpha value is -1.84. The molecule has 4 heteroatoms. The second-order valence-electron chi connectivity index (χ2n) is 3.49. The van der Waals surface area contributed by atoms with Crippen LogP contribution in [0.2, 0.25) is 0 Å². The van der Waals surface area contributed by atoms with Crippen LogP contribution in [-0.4, -0.2) is 20.2 Å². The molecule has 0 spiro atoms. The lowest BCUT2D eigenvalue weighted by atomic mass is 10.1. The number of esters is 1. The molecule has 0 unspecified atom stereocenters. The maximum Gasteiger partial charge on any atom is 0.334 e. The van der Waals surface area contributed by atoms with Crippen LogP contribution in [0.3, 0.4) is 0 Å². The molecule has 0 N–H and O–H groups in total. The van der Waals surface area contributed by atoms with Crippen LogP contribution in [0.25, 0.3) is 6.08 Å². The summed E-state index contributed by atoms with van der Waals surface area (Å²) in [5.74, 6) is -0.672. The summed E-state index contributed by atoms with van der Waals surface area (Å²) in [6.45, 7) is 0. The lowest BCUT2D eigenvalue weighted by Gasteiger charge is -2.05. The normalized spacial score (nSPS) is 13.1. The largest absolute Gasteiger partial charge is 0.494 e. The Morgan fingerprint density at radius 1 is 1.38 bits per heavy atom. The molecule has 0 aromatic heterocycles. The van der Waals surface area contributed by atoms with E-state index in [4.69, 9.17) is 4.74 Å². The van der Waals surface area contributed by atoms with E-state index in [1.807, 2.05) is 0 Å². The second-order valence-corrected chi connectivity index (χ2v) is 3.49. The van der Waals surface area contributed by atoms with E-state index in [2.05, 4.69) is 4.74 Å². The van der Waals surface area contributed by atoms with Gasteiger partial charge in [0.05, 0.1) is 14.2 Å². The molecule has 2 rings (SSSR count). The first-order valence-electron chi connectivity index (χ1n) is 4.81. The Bertz CT molecular complexity index is 477. The average Bonchev–Trinajstić information content (AvgIpc) is 2.73. The maximum atomic E-state index is 13.8. The first-order valence-corrected chi connectivity index (χ1v) is 4.81. The SMILES string of the molecule is COC(=O)C1=Cc2c(ccc(OC)c2F)C1. The van der Waals surface area contributed by atoms with Crippen LogP contribution in [0.5, 0.6) is 5.75 Å². The van der Waals surface area contributed by atoms with Gasteiger partial charge in [-0.3, -0.25) is 0 Å². The summed E-state index contributed by atoms with van der Waals surface area (Å²) in [4.78, 5) is 11.3. The van der Waals surface area contributed by atoms with Crippen LogP contribution in [0.15, 0.2) is 17.7 Å². The molecule has 0 fully saturated rings. The molecule has 0 bridgehead atoms. The number of carbonyl (C=O) groups excluding carboxylic acids is 1. The number of benzene rings is 1. The van der Waals surface area contributed by atoms with Gasteiger partial charge in [0.1, 0.15) is 0 Å². The van der Waals surface area contributed by atoms with Crippen LogP contribution >= 0.6 is 0 Å². The summed E-state index contributed by atoms with van der Waals surface area (Å²) < 4.78 is 23.3. The van der Waals surface area contributed by atoms with E-state index < -0.39 is 11.8 Å². The zero-order valence-corrected chi connectivity index (χ0v) is 9.04. The topological polar surface area (TPSA) is 35.5 Å². The highest BCUT2D eigenvalue weighted by Crippen LogP contribution is 2.32. The Balaban J connectivity index is 2.43. The predicted octanol–water partition coefficient (Wildman–Crippen LogP) is 1.95.